The van der Waals surface area contributed by atoms with E-state index in [1.54, 1.807) is 44.9 Å². The van der Waals surface area contributed by atoms with E-state index in [4.69, 9.17) is 9.47 Å². The van der Waals surface area contributed by atoms with E-state index in [0.717, 1.165) is 11.3 Å². The Kier molecular flexibility index (Phi) is 6.25. The van der Waals surface area contributed by atoms with Gasteiger partial charge >= 0.3 is 0 Å². The second kappa shape index (κ2) is 8.86. The molecule has 0 aliphatic rings. The van der Waals surface area contributed by atoms with Crippen LogP contribution in [0.1, 0.15) is 32.9 Å². The molecule has 2 heterocycles. The highest BCUT2D eigenvalue weighted by molar-refractivity contribution is 6.05. The molecule has 1 aromatic carbocycles. The molecule has 0 saturated heterocycles. The number of aromatic amines is 1. The summed E-state index contributed by atoms with van der Waals surface area (Å²) in [6, 6.07) is 7.43. The number of methoxy groups -OCH3 is 2. The summed E-state index contributed by atoms with van der Waals surface area (Å²) in [6.07, 6.45) is 2.31. The lowest BCUT2D eigenvalue weighted by Crippen LogP contribution is -2.30. The van der Waals surface area contributed by atoms with Crippen molar-refractivity contribution in [2.45, 2.75) is 33.7 Å². The summed E-state index contributed by atoms with van der Waals surface area (Å²) >= 11 is 0. The molecular weight excluding hydrogens is 384 g/mol. The number of ether oxygens (including phenoxy) is 2. The Morgan fingerprint density at radius 1 is 1.13 bits per heavy atom. The molecule has 2 aromatic heterocycles. The van der Waals surface area contributed by atoms with Crippen molar-refractivity contribution in [1.29, 1.82) is 0 Å². The summed E-state index contributed by atoms with van der Waals surface area (Å²) in [5.41, 5.74) is 3.43. The molecule has 3 aromatic rings. The Hall–Kier alpha value is -3.55. The third kappa shape index (κ3) is 4.22. The van der Waals surface area contributed by atoms with Crippen LogP contribution in [-0.4, -0.2) is 34.9 Å². The lowest BCUT2D eigenvalue weighted by Gasteiger charge is -2.13. The molecule has 158 valence electrons. The summed E-state index contributed by atoms with van der Waals surface area (Å²) < 4.78 is 12.1. The molecule has 8 nitrogen and oxygen atoms in total. The van der Waals surface area contributed by atoms with Gasteiger partial charge in [-0.15, -0.1) is 0 Å². The van der Waals surface area contributed by atoms with Crippen LogP contribution in [0.25, 0.3) is 0 Å². The van der Waals surface area contributed by atoms with Crippen LogP contribution in [0.2, 0.25) is 0 Å². The fourth-order valence-electron chi connectivity index (χ4n) is 3.31. The first kappa shape index (κ1) is 21.2. The topological polar surface area (TPSA) is 98.2 Å². The van der Waals surface area contributed by atoms with Gasteiger partial charge in [-0.25, -0.2) is 0 Å². The molecule has 8 heteroatoms. The molecule has 0 radical (unpaired) electrons. The smallest absolute Gasteiger partial charge is 0.263 e. The minimum absolute atomic E-state index is 0.129. The lowest BCUT2D eigenvalue weighted by atomic mass is 10.1. The van der Waals surface area contributed by atoms with Gasteiger partial charge < -0.3 is 19.4 Å². The van der Waals surface area contributed by atoms with Crippen LogP contribution in [0.5, 0.6) is 11.5 Å². The fourth-order valence-corrected chi connectivity index (χ4v) is 3.31. The van der Waals surface area contributed by atoms with E-state index in [0.29, 0.717) is 41.4 Å². The number of hydrogen-bond acceptors (Lipinski definition) is 5. The zero-order valence-corrected chi connectivity index (χ0v) is 17.8. The van der Waals surface area contributed by atoms with Gasteiger partial charge in [0.2, 0.25) is 0 Å². The monoisotopic (exact) mass is 410 g/mol. The van der Waals surface area contributed by atoms with Gasteiger partial charge in [0.1, 0.15) is 5.56 Å². The number of aromatic nitrogens is 3. The molecule has 0 spiro atoms. The number of aryl methyl sites for hydroxylation is 5. The summed E-state index contributed by atoms with van der Waals surface area (Å²) in [4.78, 5) is 25.9. The number of amides is 1. The highest BCUT2D eigenvalue weighted by Gasteiger charge is 2.18. The Bertz CT molecular complexity index is 1110. The third-order valence-corrected chi connectivity index (χ3v) is 5.06. The number of carbonyl (C=O) groups excluding carboxylic acids is 1. The number of carbonyl (C=O) groups is 1. The molecule has 0 fully saturated rings. The number of pyridine rings is 1. The normalized spacial score (nSPS) is 10.7. The number of H-pyrrole nitrogens is 1. The van der Waals surface area contributed by atoms with Crippen LogP contribution in [0.4, 0.5) is 5.69 Å². The molecule has 0 saturated carbocycles. The van der Waals surface area contributed by atoms with Crippen LogP contribution in [-0.2, 0) is 13.0 Å². The molecule has 2 N–H and O–H groups in total. The zero-order valence-electron chi connectivity index (χ0n) is 17.8. The zero-order chi connectivity index (χ0) is 21.8. The predicted octanol–water partition coefficient (Wildman–Crippen LogP) is 3.01. The lowest BCUT2D eigenvalue weighted by molar-refractivity contribution is 0.102. The number of anilines is 1. The van der Waals surface area contributed by atoms with E-state index in [1.807, 2.05) is 25.1 Å². The van der Waals surface area contributed by atoms with Crippen LogP contribution in [0.3, 0.4) is 0 Å². The van der Waals surface area contributed by atoms with Gasteiger partial charge in [-0.3, -0.25) is 14.7 Å². The van der Waals surface area contributed by atoms with Crippen molar-refractivity contribution in [3.63, 3.8) is 0 Å². The Morgan fingerprint density at radius 2 is 1.87 bits per heavy atom. The third-order valence-electron chi connectivity index (χ3n) is 5.06. The van der Waals surface area contributed by atoms with E-state index in [1.165, 1.54) is 0 Å². The van der Waals surface area contributed by atoms with Crippen molar-refractivity contribution in [3.8, 4) is 11.5 Å². The van der Waals surface area contributed by atoms with Crippen LogP contribution in [0, 0.1) is 20.8 Å². The molecule has 0 bridgehead atoms. The molecular formula is C22H26N4O4. The number of benzene rings is 1. The van der Waals surface area contributed by atoms with Crippen molar-refractivity contribution >= 4 is 11.6 Å². The van der Waals surface area contributed by atoms with Crippen LogP contribution in [0.15, 0.2) is 35.3 Å². The molecule has 0 aliphatic heterocycles. The van der Waals surface area contributed by atoms with Crippen LogP contribution >= 0.6 is 0 Å². The molecule has 0 unspecified atom stereocenters. The highest BCUT2D eigenvalue weighted by atomic mass is 16.5. The summed E-state index contributed by atoms with van der Waals surface area (Å²) in [5.74, 6) is 0.847. The van der Waals surface area contributed by atoms with Crippen molar-refractivity contribution in [1.82, 2.24) is 14.8 Å². The molecule has 0 atom stereocenters. The number of nitrogens with one attached hydrogen (secondary N) is 2. The van der Waals surface area contributed by atoms with E-state index in [-0.39, 0.29) is 11.1 Å². The van der Waals surface area contributed by atoms with Crippen molar-refractivity contribution < 1.29 is 14.3 Å². The summed E-state index contributed by atoms with van der Waals surface area (Å²) in [7, 11) is 3.17. The average molecular weight is 410 g/mol. The van der Waals surface area contributed by atoms with E-state index >= 15 is 0 Å². The van der Waals surface area contributed by atoms with Gasteiger partial charge in [0.15, 0.2) is 11.5 Å². The van der Waals surface area contributed by atoms with Crippen molar-refractivity contribution in [2.75, 3.05) is 19.5 Å². The highest BCUT2D eigenvalue weighted by Crippen LogP contribution is 2.27. The fraction of sp³-hybridized carbons (Fsp3) is 0.318. The quantitative estimate of drug-likeness (QED) is 0.624. The Balaban J connectivity index is 1.82. The predicted molar refractivity (Wildman–Crippen MR) is 115 cm³/mol. The molecule has 0 aliphatic carbocycles. The van der Waals surface area contributed by atoms with E-state index in [2.05, 4.69) is 15.5 Å². The first-order chi connectivity index (χ1) is 14.3. The van der Waals surface area contributed by atoms with E-state index in [9.17, 15) is 9.59 Å². The summed E-state index contributed by atoms with van der Waals surface area (Å²) in [5, 5.41) is 9.70. The minimum atomic E-state index is -0.439. The van der Waals surface area contributed by atoms with Gasteiger partial charge in [0.05, 0.1) is 31.3 Å². The largest absolute Gasteiger partial charge is 0.493 e. The van der Waals surface area contributed by atoms with Crippen molar-refractivity contribution in [3.05, 3.63) is 68.9 Å². The maximum atomic E-state index is 13.0. The minimum Gasteiger partial charge on any atom is -0.493 e. The second-order valence-corrected chi connectivity index (χ2v) is 7.07. The van der Waals surface area contributed by atoms with Crippen molar-refractivity contribution in [2.24, 2.45) is 0 Å². The standard InChI is InChI=1S/C22H26N4O4/c1-13-8-10-26(11-9-16-6-7-17(29-4)18(12-16)30-5)22(28)19(13)21(27)23-20-14(2)24-25-15(20)3/h6-8,10,12H,9,11H2,1-5H3,(H,23,27)(H,24,25). The second-order valence-electron chi connectivity index (χ2n) is 7.07. The Morgan fingerprint density at radius 3 is 2.50 bits per heavy atom. The maximum absolute atomic E-state index is 13.0. The molecule has 3 rings (SSSR count). The number of rotatable bonds is 7. The average Bonchev–Trinajstić information content (AvgIpc) is 3.05. The SMILES string of the molecule is COc1ccc(CCn2ccc(C)c(C(=O)Nc3c(C)n[nH]c3C)c2=O)cc1OC. The van der Waals surface area contributed by atoms with Gasteiger partial charge in [-0.1, -0.05) is 6.07 Å². The maximum Gasteiger partial charge on any atom is 0.263 e. The first-order valence-corrected chi connectivity index (χ1v) is 9.59. The van der Waals surface area contributed by atoms with Gasteiger partial charge in [0, 0.05) is 12.7 Å². The number of nitrogens with zero attached hydrogens (tertiary/aromatic N) is 2. The van der Waals surface area contributed by atoms with Crippen LogP contribution < -0.4 is 20.3 Å². The summed E-state index contributed by atoms with van der Waals surface area (Å²) in [6.45, 7) is 5.79. The van der Waals surface area contributed by atoms with E-state index < -0.39 is 5.91 Å². The van der Waals surface area contributed by atoms with Gasteiger partial charge in [0.25, 0.3) is 11.5 Å². The van der Waals surface area contributed by atoms with Gasteiger partial charge in [-0.05, 0) is 56.5 Å². The molecule has 30 heavy (non-hydrogen) atoms. The Labute approximate surface area is 174 Å². The first-order valence-electron chi connectivity index (χ1n) is 9.59. The van der Waals surface area contributed by atoms with Gasteiger partial charge in [-0.2, -0.15) is 5.10 Å². The molecule has 1 amide bonds. The number of hydrogen-bond donors (Lipinski definition) is 2.